The Hall–Kier alpha value is -0.790. The number of nitrogens with one attached hydrogen (secondary N) is 2. The van der Waals surface area contributed by atoms with Gasteiger partial charge in [0.1, 0.15) is 0 Å². The molecule has 0 aromatic carbocycles. The van der Waals surface area contributed by atoms with E-state index in [1.807, 2.05) is 24.0 Å². The second kappa shape index (κ2) is 8.34. The summed E-state index contributed by atoms with van der Waals surface area (Å²) in [6, 6.07) is 2.54. The van der Waals surface area contributed by atoms with E-state index in [0.717, 1.165) is 19.0 Å². The molecule has 2 rings (SSSR count). The number of aliphatic imine (C=N–C) groups is 1. The van der Waals surface area contributed by atoms with Crippen LogP contribution in [0, 0.1) is 0 Å². The first-order chi connectivity index (χ1) is 8.38. The molecule has 0 bridgehead atoms. The van der Waals surface area contributed by atoms with Gasteiger partial charge in [-0.1, -0.05) is 12.8 Å². The molecule has 0 aliphatic heterocycles. The van der Waals surface area contributed by atoms with Gasteiger partial charge in [0.25, 0.3) is 0 Å². The van der Waals surface area contributed by atoms with E-state index in [-0.39, 0.29) is 24.0 Å². The lowest BCUT2D eigenvalue weighted by Crippen LogP contribution is -2.43. The predicted molar refractivity (Wildman–Crippen MR) is 84.4 cm³/mol. The molecule has 2 N–H and O–H groups in total. The summed E-state index contributed by atoms with van der Waals surface area (Å²) >= 11 is 0. The molecule has 1 heterocycles. The zero-order valence-corrected chi connectivity index (χ0v) is 13.1. The maximum Gasteiger partial charge on any atom is 0.191 e. The highest BCUT2D eigenvalue weighted by Crippen LogP contribution is 2.17. The van der Waals surface area contributed by atoms with Crippen LogP contribution < -0.4 is 10.6 Å². The zero-order chi connectivity index (χ0) is 11.9. The molecule has 5 nitrogen and oxygen atoms in total. The lowest BCUT2D eigenvalue weighted by atomic mass is 10.2. The molecular weight excluding hydrogens is 341 g/mol. The van der Waals surface area contributed by atoms with Crippen molar-refractivity contribution in [1.29, 1.82) is 0 Å². The maximum atomic E-state index is 4.24. The third kappa shape index (κ3) is 4.83. The van der Waals surface area contributed by atoms with Crippen molar-refractivity contribution in [3.63, 3.8) is 0 Å². The standard InChI is InChI=1S/C12H21N5.HI/c1-13-12(16-11-5-2-3-6-11)14-8-10-17-9-4-7-15-17;/h4,7,9,11H,2-3,5-6,8,10H2,1H3,(H2,13,14,16);1H. The highest BCUT2D eigenvalue weighted by Gasteiger charge is 2.15. The molecule has 18 heavy (non-hydrogen) atoms. The summed E-state index contributed by atoms with van der Waals surface area (Å²) in [5.74, 6) is 0.907. The van der Waals surface area contributed by atoms with E-state index in [2.05, 4.69) is 20.7 Å². The van der Waals surface area contributed by atoms with Crippen LogP contribution in [0.1, 0.15) is 25.7 Å². The Morgan fingerprint density at radius 2 is 2.22 bits per heavy atom. The number of rotatable bonds is 4. The molecule has 102 valence electrons. The van der Waals surface area contributed by atoms with Gasteiger partial charge in [-0.2, -0.15) is 5.10 Å². The summed E-state index contributed by atoms with van der Waals surface area (Å²) in [5, 5.41) is 10.9. The average Bonchev–Trinajstić information content (AvgIpc) is 3.00. The minimum Gasteiger partial charge on any atom is -0.355 e. The molecule has 0 radical (unpaired) electrons. The van der Waals surface area contributed by atoms with Gasteiger partial charge >= 0.3 is 0 Å². The van der Waals surface area contributed by atoms with Crippen molar-refractivity contribution < 1.29 is 0 Å². The summed E-state index contributed by atoms with van der Waals surface area (Å²) in [4.78, 5) is 4.24. The van der Waals surface area contributed by atoms with Crippen LogP contribution in [-0.2, 0) is 6.54 Å². The van der Waals surface area contributed by atoms with Gasteiger partial charge in [-0.3, -0.25) is 9.67 Å². The molecule has 1 saturated carbocycles. The Morgan fingerprint density at radius 3 is 2.83 bits per heavy atom. The topological polar surface area (TPSA) is 54.2 Å². The summed E-state index contributed by atoms with van der Waals surface area (Å²) in [5.41, 5.74) is 0. The van der Waals surface area contributed by atoms with Crippen molar-refractivity contribution in [2.75, 3.05) is 13.6 Å². The third-order valence-electron chi connectivity index (χ3n) is 3.11. The molecule has 1 aromatic heterocycles. The summed E-state index contributed by atoms with van der Waals surface area (Å²) in [6.45, 7) is 1.70. The maximum absolute atomic E-state index is 4.24. The van der Waals surface area contributed by atoms with E-state index in [0.29, 0.717) is 6.04 Å². The van der Waals surface area contributed by atoms with Crippen LogP contribution in [0.4, 0.5) is 0 Å². The van der Waals surface area contributed by atoms with Crippen molar-refractivity contribution in [3.05, 3.63) is 18.5 Å². The van der Waals surface area contributed by atoms with Crippen molar-refractivity contribution in [1.82, 2.24) is 20.4 Å². The molecule has 6 heteroatoms. The molecule has 0 atom stereocenters. The fourth-order valence-electron chi connectivity index (χ4n) is 2.18. The highest BCUT2D eigenvalue weighted by atomic mass is 127. The summed E-state index contributed by atoms with van der Waals surface area (Å²) in [7, 11) is 1.82. The Labute approximate surface area is 125 Å². The van der Waals surface area contributed by atoms with Crippen LogP contribution in [0.3, 0.4) is 0 Å². The van der Waals surface area contributed by atoms with E-state index >= 15 is 0 Å². The van der Waals surface area contributed by atoms with Crippen molar-refractivity contribution in [2.45, 2.75) is 38.3 Å². The largest absolute Gasteiger partial charge is 0.355 e. The van der Waals surface area contributed by atoms with Gasteiger partial charge in [-0.15, -0.1) is 24.0 Å². The highest BCUT2D eigenvalue weighted by molar-refractivity contribution is 14.0. The molecular formula is C12H22IN5. The fourth-order valence-corrected chi connectivity index (χ4v) is 2.18. The lowest BCUT2D eigenvalue weighted by Gasteiger charge is -2.16. The van der Waals surface area contributed by atoms with Crippen LogP contribution in [0.25, 0.3) is 0 Å². The van der Waals surface area contributed by atoms with E-state index in [9.17, 15) is 0 Å². The number of aromatic nitrogens is 2. The number of guanidine groups is 1. The van der Waals surface area contributed by atoms with Gasteiger partial charge in [-0.25, -0.2) is 0 Å². The van der Waals surface area contributed by atoms with Crippen LogP contribution in [0.15, 0.2) is 23.5 Å². The van der Waals surface area contributed by atoms with Crippen molar-refractivity contribution >= 4 is 29.9 Å². The Bertz CT molecular complexity index is 343. The first kappa shape index (κ1) is 15.3. The zero-order valence-electron chi connectivity index (χ0n) is 10.8. The van der Waals surface area contributed by atoms with Gasteiger partial charge in [-0.05, 0) is 18.9 Å². The molecule has 1 aliphatic carbocycles. The van der Waals surface area contributed by atoms with E-state index in [4.69, 9.17) is 0 Å². The number of hydrogen-bond acceptors (Lipinski definition) is 2. The first-order valence-electron chi connectivity index (χ1n) is 6.33. The van der Waals surface area contributed by atoms with E-state index in [1.54, 1.807) is 6.20 Å². The van der Waals surface area contributed by atoms with E-state index in [1.165, 1.54) is 25.7 Å². The number of nitrogens with zero attached hydrogens (tertiary/aromatic N) is 3. The molecule has 0 saturated heterocycles. The average molecular weight is 363 g/mol. The molecule has 1 aliphatic rings. The third-order valence-corrected chi connectivity index (χ3v) is 3.11. The van der Waals surface area contributed by atoms with Gasteiger partial charge in [0.15, 0.2) is 5.96 Å². The minimum absolute atomic E-state index is 0. The second-order valence-corrected chi connectivity index (χ2v) is 4.39. The normalized spacial score (nSPS) is 16.4. The van der Waals surface area contributed by atoms with Crippen LogP contribution in [0.2, 0.25) is 0 Å². The molecule has 0 amide bonds. The Kier molecular flexibility index (Phi) is 7.07. The molecule has 0 unspecified atom stereocenters. The second-order valence-electron chi connectivity index (χ2n) is 4.39. The summed E-state index contributed by atoms with van der Waals surface area (Å²) in [6.07, 6.45) is 8.96. The minimum atomic E-state index is 0. The monoisotopic (exact) mass is 363 g/mol. The van der Waals surface area contributed by atoms with Crippen LogP contribution in [0.5, 0.6) is 0 Å². The fraction of sp³-hybridized carbons (Fsp3) is 0.667. The summed E-state index contributed by atoms with van der Waals surface area (Å²) < 4.78 is 1.91. The van der Waals surface area contributed by atoms with E-state index < -0.39 is 0 Å². The van der Waals surface area contributed by atoms with Crippen LogP contribution >= 0.6 is 24.0 Å². The van der Waals surface area contributed by atoms with Crippen molar-refractivity contribution in [2.24, 2.45) is 4.99 Å². The Balaban J connectivity index is 0.00000162. The van der Waals surface area contributed by atoms with Gasteiger partial charge in [0.05, 0.1) is 6.54 Å². The van der Waals surface area contributed by atoms with Gasteiger partial charge in [0, 0.05) is 32.0 Å². The van der Waals surface area contributed by atoms with Gasteiger partial charge in [0.2, 0.25) is 0 Å². The smallest absolute Gasteiger partial charge is 0.191 e. The molecule has 0 spiro atoms. The lowest BCUT2D eigenvalue weighted by molar-refractivity contribution is 0.578. The Morgan fingerprint density at radius 1 is 1.44 bits per heavy atom. The van der Waals surface area contributed by atoms with Crippen molar-refractivity contribution in [3.8, 4) is 0 Å². The SMILES string of the molecule is CN=C(NCCn1cccn1)NC1CCCC1.I. The quantitative estimate of drug-likeness (QED) is 0.486. The predicted octanol–water partition coefficient (Wildman–Crippen LogP) is 1.61. The first-order valence-corrected chi connectivity index (χ1v) is 6.33. The van der Waals surface area contributed by atoms with Crippen LogP contribution in [-0.4, -0.2) is 35.4 Å². The molecule has 1 fully saturated rings. The van der Waals surface area contributed by atoms with Gasteiger partial charge < -0.3 is 10.6 Å². The number of halogens is 1. The number of hydrogen-bond donors (Lipinski definition) is 2. The molecule has 1 aromatic rings.